The molecule has 0 fully saturated rings. The molecule has 0 aliphatic rings. The molecule has 3 heterocycles. The second-order valence-corrected chi connectivity index (χ2v) is 16.1. The molecule has 0 saturated heterocycles. The molecule has 4 heteroatoms. The molecule has 0 spiro atoms. The first-order valence-corrected chi connectivity index (χ1v) is 19.3. The van der Waals surface area contributed by atoms with Crippen molar-refractivity contribution in [1.82, 2.24) is 0 Å². The van der Waals surface area contributed by atoms with Gasteiger partial charge in [-0.05, 0) is 93.2 Å². The largest absolute Gasteiger partial charge is 0.310 e. The molecule has 11 aromatic rings. The Balaban J connectivity index is 1.08. The molecule has 234 valence electrons. The molecule has 0 bridgehead atoms. The van der Waals surface area contributed by atoms with Gasteiger partial charge in [-0.2, -0.15) is 0 Å². The second-order valence-electron chi connectivity index (χ2n) is 12.9. The zero-order chi connectivity index (χ0) is 32.8. The van der Waals surface area contributed by atoms with E-state index in [2.05, 4.69) is 169 Å². The van der Waals surface area contributed by atoms with Crippen LogP contribution in [0.5, 0.6) is 0 Å². The van der Waals surface area contributed by atoms with Gasteiger partial charge in [-0.3, -0.25) is 0 Å². The van der Waals surface area contributed by atoms with E-state index < -0.39 is 0 Å². The number of fused-ring (bicyclic) bond motifs is 11. The lowest BCUT2D eigenvalue weighted by molar-refractivity contribution is 1.30. The predicted octanol–water partition coefficient (Wildman–Crippen LogP) is 15.1. The molecule has 0 aliphatic heterocycles. The van der Waals surface area contributed by atoms with Gasteiger partial charge < -0.3 is 4.90 Å². The molecule has 0 amide bonds. The zero-order valence-corrected chi connectivity index (χ0v) is 29.2. The SMILES string of the molecule is c1ccc2sc(-c3ccc(N(c4ccc5c(ccc6c7ccccc7sc56)c4)c4ccc5c(ccc6c7ccccc7sc56)c4)cc3)cc2c1. The number of hydrogen-bond acceptors (Lipinski definition) is 4. The Morgan fingerprint density at radius 1 is 0.320 bits per heavy atom. The topological polar surface area (TPSA) is 3.24 Å². The van der Waals surface area contributed by atoms with E-state index in [-0.39, 0.29) is 0 Å². The van der Waals surface area contributed by atoms with E-state index in [4.69, 9.17) is 0 Å². The fraction of sp³-hybridized carbons (Fsp3) is 0. The maximum absolute atomic E-state index is 2.41. The lowest BCUT2D eigenvalue weighted by atomic mass is 10.0. The molecule has 50 heavy (non-hydrogen) atoms. The molecule has 0 N–H and O–H groups in total. The van der Waals surface area contributed by atoms with E-state index in [1.165, 1.54) is 82.4 Å². The van der Waals surface area contributed by atoms with Crippen molar-refractivity contribution in [3.63, 3.8) is 0 Å². The Kier molecular flexibility index (Phi) is 6.23. The highest BCUT2D eigenvalue weighted by Gasteiger charge is 2.17. The van der Waals surface area contributed by atoms with Crippen molar-refractivity contribution >= 4 is 123 Å². The monoisotopic (exact) mass is 689 g/mol. The Morgan fingerprint density at radius 3 is 1.40 bits per heavy atom. The number of hydrogen-bond donors (Lipinski definition) is 0. The lowest BCUT2D eigenvalue weighted by Gasteiger charge is -2.26. The van der Waals surface area contributed by atoms with Crippen LogP contribution in [-0.2, 0) is 0 Å². The highest BCUT2D eigenvalue weighted by atomic mass is 32.1. The third-order valence-electron chi connectivity index (χ3n) is 10.0. The summed E-state index contributed by atoms with van der Waals surface area (Å²) in [5.74, 6) is 0. The maximum Gasteiger partial charge on any atom is 0.0468 e. The first-order chi connectivity index (χ1) is 24.7. The van der Waals surface area contributed by atoms with Gasteiger partial charge in [0.1, 0.15) is 0 Å². The molecule has 0 atom stereocenters. The van der Waals surface area contributed by atoms with Crippen molar-refractivity contribution in [2.45, 2.75) is 0 Å². The Morgan fingerprint density at radius 2 is 0.820 bits per heavy atom. The van der Waals surface area contributed by atoms with Crippen LogP contribution in [0.25, 0.3) is 82.4 Å². The average Bonchev–Trinajstić information content (AvgIpc) is 3.89. The number of rotatable bonds is 4. The van der Waals surface area contributed by atoms with E-state index in [1.54, 1.807) is 0 Å². The number of nitrogens with zero attached hydrogens (tertiary/aromatic N) is 1. The molecular formula is C46H27NS3. The third-order valence-corrected chi connectivity index (χ3v) is 13.6. The van der Waals surface area contributed by atoms with Gasteiger partial charge in [-0.25, -0.2) is 0 Å². The molecule has 1 nitrogen and oxygen atoms in total. The first kappa shape index (κ1) is 28.3. The predicted molar refractivity (Wildman–Crippen MR) is 223 cm³/mol. The highest BCUT2D eigenvalue weighted by Crippen LogP contribution is 2.44. The molecule has 8 aromatic carbocycles. The molecule has 11 rings (SSSR count). The normalized spacial score (nSPS) is 12.0. The molecule has 0 saturated carbocycles. The van der Waals surface area contributed by atoms with E-state index in [0.29, 0.717) is 0 Å². The van der Waals surface area contributed by atoms with Crippen LogP contribution in [0, 0.1) is 0 Å². The van der Waals surface area contributed by atoms with Gasteiger partial charge in [0.2, 0.25) is 0 Å². The Labute approximate surface area is 300 Å². The van der Waals surface area contributed by atoms with Crippen molar-refractivity contribution < 1.29 is 0 Å². The Hall–Kier alpha value is -5.52. The van der Waals surface area contributed by atoms with Gasteiger partial charge in [0.15, 0.2) is 0 Å². The van der Waals surface area contributed by atoms with Crippen molar-refractivity contribution in [1.29, 1.82) is 0 Å². The van der Waals surface area contributed by atoms with Gasteiger partial charge in [0.05, 0.1) is 0 Å². The minimum absolute atomic E-state index is 1.14. The minimum Gasteiger partial charge on any atom is -0.310 e. The lowest BCUT2D eigenvalue weighted by Crippen LogP contribution is -2.09. The molecule has 0 aliphatic carbocycles. The van der Waals surface area contributed by atoms with Crippen molar-refractivity contribution in [3.05, 3.63) is 164 Å². The number of benzene rings is 8. The van der Waals surface area contributed by atoms with Crippen LogP contribution in [0.3, 0.4) is 0 Å². The maximum atomic E-state index is 2.41. The summed E-state index contributed by atoms with van der Waals surface area (Å²) in [6.45, 7) is 0. The fourth-order valence-electron chi connectivity index (χ4n) is 7.62. The summed E-state index contributed by atoms with van der Waals surface area (Å²) in [6.07, 6.45) is 0. The molecular weight excluding hydrogens is 663 g/mol. The van der Waals surface area contributed by atoms with Crippen molar-refractivity contribution in [2.75, 3.05) is 4.90 Å². The summed E-state index contributed by atoms with van der Waals surface area (Å²) in [4.78, 5) is 3.71. The molecule has 3 aromatic heterocycles. The summed E-state index contributed by atoms with van der Waals surface area (Å²) >= 11 is 5.64. The second kappa shape index (κ2) is 11.0. The van der Waals surface area contributed by atoms with Crippen LogP contribution in [-0.4, -0.2) is 0 Å². The van der Waals surface area contributed by atoms with Gasteiger partial charge in [0.25, 0.3) is 0 Å². The van der Waals surface area contributed by atoms with Crippen molar-refractivity contribution in [3.8, 4) is 10.4 Å². The summed E-state index contributed by atoms with van der Waals surface area (Å²) in [5, 5.41) is 11.7. The smallest absolute Gasteiger partial charge is 0.0468 e. The van der Waals surface area contributed by atoms with Crippen LogP contribution >= 0.6 is 34.0 Å². The van der Waals surface area contributed by atoms with Gasteiger partial charge in [-0.1, -0.05) is 103 Å². The first-order valence-electron chi connectivity index (χ1n) is 16.8. The average molecular weight is 690 g/mol. The number of thiophene rings is 3. The molecule has 0 radical (unpaired) electrons. The third kappa shape index (κ3) is 4.36. The Bertz CT molecular complexity index is 2920. The zero-order valence-electron chi connectivity index (χ0n) is 26.8. The number of anilines is 3. The quantitative estimate of drug-likeness (QED) is 0.178. The van der Waals surface area contributed by atoms with Gasteiger partial charge in [0, 0.05) is 67.0 Å². The molecule has 0 unspecified atom stereocenters. The van der Waals surface area contributed by atoms with E-state index in [9.17, 15) is 0 Å². The van der Waals surface area contributed by atoms with Gasteiger partial charge in [-0.15, -0.1) is 34.0 Å². The van der Waals surface area contributed by atoms with E-state index >= 15 is 0 Å². The summed E-state index contributed by atoms with van der Waals surface area (Å²) in [7, 11) is 0. The summed E-state index contributed by atoms with van der Waals surface area (Å²) < 4.78 is 6.70. The standard InChI is InChI=1S/C46H27NS3/c1-4-10-41-31(7-1)27-44(48-41)28-13-17-32(18-14-28)47(33-19-23-35-29(25-33)15-21-39-37-8-2-5-11-42(37)49-45(35)39)34-20-24-36-30(26-34)16-22-40-38-9-3-6-12-43(38)50-46(36)40/h1-27H. The van der Waals surface area contributed by atoms with Crippen LogP contribution in [0.4, 0.5) is 17.1 Å². The van der Waals surface area contributed by atoms with Gasteiger partial charge >= 0.3 is 0 Å². The van der Waals surface area contributed by atoms with E-state index in [1.807, 2.05) is 34.0 Å². The van der Waals surface area contributed by atoms with Crippen LogP contribution in [0.2, 0.25) is 0 Å². The van der Waals surface area contributed by atoms with Crippen LogP contribution in [0.1, 0.15) is 0 Å². The highest BCUT2D eigenvalue weighted by molar-refractivity contribution is 7.27. The fourth-order valence-corrected chi connectivity index (χ4v) is 11.2. The van der Waals surface area contributed by atoms with Crippen molar-refractivity contribution in [2.24, 2.45) is 0 Å². The minimum atomic E-state index is 1.14. The van der Waals surface area contributed by atoms with Crippen LogP contribution in [0.15, 0.2) is 164 Å². The summed E-state index contributed by atoms with van der Waals surface area (Å²) in [5.41, 5.74) is 4.68. The van der Waals surface area contributed by atoms with E-state index in [0.717, 1.165) is 17.1 Å². The summed E-state index contributed by atoms with van der Waals surface area (Å²) in [6, 6.07) is 60.7. The van der Waals surface area contributed by atoms with Crippen LogP contribution < -0.4 is 4.90 Å².